The van der Waals surface area contributed by atoms with Gasteiger partial charge in [0.1, 0.15) is 5.52 Å². The largest absolute Gasteiger partial charge is 0.481 e. The van der Waals surface area contributed by atoms with Gasteiger partial charge in [0.15, 0.2) is 12.0 Å². The van der Waals surface area contributed by atoms with Crippen LogP contribution in [0.25, 0.3) is 11.1 Å². The molecule has 17 heavy (non-hydrogen) atoms. The number of carboxylic acid groups (broad SMARTS) is 1. The molecule has 0 aliphatic carbocycles. The predicted octanol–water partition coefficient (Wildman–Crippen LogP) is 2.78. The van der Waals surface area contributed by atoms with Gasteiger partial charge >= 0.3 is 5.97 Å². The molecule has 1 aromatic heterocycles. The van der Waals surface area contributed by atoms with E-state index in [-0.39, 0.29) is 11.1 Å². The first kappa shape index (κ1) is 11.5. The maximum atomic E-state index is 13.6. The Kier molecular flexibility index (Phi) is 2.79. The molecule has 1 aromatic carbocycles. The average Bonchev–Trinajstić information content (AvgIpc) is 2.73. The van der Waals surface area contributed by atoms with Crippen LogP contribution in [0.1, 0.15) is 18.4 Å². The first-order valence-electron chi connectivity index (χ1n) is 4.92. The fourth-order valence-corrected chi connectivity index (χ4v) is 1.49. The normalized spacial score (nSPS) is 11.9. The molecule has 0 aliphatic rings. The molecule has 0 saturated heterocycles. The van der Waals surface area contributed by atoms with E-state index < -0.39 is 24.7 Å². The van der Waals surface area contributed by atoms with Crippen molar-refractivity contribution < 1.29 is 23.1 Å². The standard InChI is InChI=1S/C11H9F2NO3/c12-11(13,4-3-10(15)16)7-1-2-8-9(5-7)17-6-14-8/h1-2,5-6H,3-4H2,(H,15,16). The SMILES string of the molecule is O=C(O)CCC(F)(F)c1ccc2ncoc2c1. The molecule has 0 saturated carbocycles. The van der Waals surface area contributed by atoms with E-state index in [2.05, 4.69) is 4.98 Å². The molecule has 0 fully saturated rings. The van der Waals surface area contributed by atoms with Crippen molar-refractivity contribution >= 4 is 17.1 Å². The summed E-state index contributed by atoms with van der Waals surface area (Å²) in [5.74, 6) is -4.43. The third-order valence-electron chi connectivity index (χ3n) is 2.41. The summed E-state index contributed by atoms with van der Waals surface area (Å²) in [7, 11) is 0. The minimum Gasteiger partial charge on any atom is -0.481 e. The minimum atomic E-state index is -3.18. The van der Waals surface area contributed by atoms with Gasteiger partial charge in [0.05, 0.1) is 6.42 Å². The van der Waals surface area contributed by atoms with Gasteiger partial charge in [-0.1, -0.05) is 6.07 Å². The molecule has 1 heterocycles. The Morgan fingerprint density at radius 3 is 2.94 bits per heavy atom. The number of hydrogen-bond acceptors (Lipinski definition) is 3. The summed E-state index contributed by atoms with van der Waals surface area (Å²) in [6.45, 7) is 0. The quantitative estimate of drug-likeness (QED) is 0.893. The topological polar surface area (TPSA) is 63.3 Å². The van der Waals surface area contributed by atoms with Crippen LogP contribution < -0.4 is 0 Å². The first-order valence-corrected chi connectivity index (χ1v) is 4.92. The van der Waals surface area contributed by atoms with E-state index >= 15 is 0 Å². The van der Waals surface area contributed by atoms with E-state index in [1.54, 1.807) is 0 Å². The van der Waals surface area contributed by atoms with Crippen molar-refractivity contribution in [1.82, 2.24) is 4.98 Å². The van der Waals surface area contributed by atoms with E-state index in [0.29, 0.717) is 5.52 Å². The van der Waals surface area contributed by atoms with Crippen LogP contribution in [0.2, 0.25) is 0 Å². The number of benzene rings is 1. The highest BCUT2D eigenvalue weighted by molar-refractivity contribution is 5.73. The van der Waals surface area contributed by atoms with Crippen LogP contribution in [-0.2, 0) is 10.7 Å². The number of aliphatic carboxylic acids is 1. The fraction of sp³-hybridized carbons (Fsp3) is 0.273. The summed E-state index contributed by atoms with van der Waals surface area (Å²) in [4.78, 5) is 14.1. The molecule has 2 aromatic rings. The van der Waals surface area contributed by atoms with Crippen LogP contribution >= 0.6 is 0 Å². The molecule has 0 spiro atoms. The number of halogens is 2. The van der Waals surface area contributed by atoms with Crippen molar-refractivity contribution in [3.63, 3.8) is 0 Å². The number of nitrogens with zero attached hydrogens (tertiary/aromatic N) is 1. The second kappa shape index (κ2) is 4.12. The molecule has 0 radical (unpaired) electrons. The van der Waals surface area contributed by atoms with Crippen LogP contribution in [0.3, 0.4) is 0 Å². The summed E-state index contributed by atoms with van der Waals surface area (Å²) in [6, 6.07) is 3.83. The highest BCUT2D eigenvalue weighted by Crippen LogP contribution is 2.34. The maximum Gasteiger partial charge on any atom is 0.303 e. The monoisotopic (exact) mass is 241 g/mol. The van der Waals surface area contributed by atoms with E-state index in [0.717, 1.165) is 0 Å². The molecule has 0 unspecified atom stereocenters. The van der Waals surface area contributed by atoms with Gasteiger partial charge in [-0.25, -0.2) is 13.8 Å². The van der Waals surface area contributed by atoms with E-state index in [4.69, 9.17) is 9.52 Å². The number of hydrogen-bond donors (Lipinski definition) is 1. The van der Waals surface area contributed by atoms with Crippen LogP contribution in [0.4, 0.5) is 8.78 Å². The number of oxazole rings is 1. The number of rotatable bonds is 4. The highest BCUT2D eigenvalue weighted by atomic mass is 19.3. The second-order valence-corrected chi connectivity index (χ2v) is 3.63. The number of carbonyl (C=O) groups is 1. The fourth-order valence-electron chi connectivity index (χ4n) is 1.49. The molecule has 1 N–H and O–H groups in total. The lowest BCUT2D eigenvalue weighted by Crippen LogP contribution is -2.15. The molecular formula is C11H9F2NO3. The average molecular weight is 241 g/mol. The molecule has 0 aliphatic heterocycles. The zero-order valence-corrected chi connectivity index (χ0v) is 8.69. The summed E-state index contributed by atoms with van der Waals surface area (Å²) in [6.07, 6.45) is -0.146. The molecule has 90 valence electrons. The Morgan fingerprint density at radius 1 is 1.47 bits per heavy atom. The van der Waals surface area contributed by atoms with Crippen LogP contribution in [0, 0.1) is 0 Å². The second-order valence-electron chi connectivity index (χ2n) is 3.63. The van der Waals surface area contributed by atoms with Gasteiger partial charge in [0, 0.05) is 12.0 Å². The maximum absolute atomic E-state index is 13.6. The third-order valence-corrected chi connectivity index (χ3v) is 2.41. The van der Waals surface area contributed by atoms with Gasteiger partial charge in [0.2, 0.25) is 0 Å². The summed E-state index contributed by atoms with van der Waals surface area (Å²) < 4.78 is 32.2. The van der Waals surface area contributed by atoms with Gasteiger partial charge in [-0.15, -0.1) is 0 Å². The van der Waals surface area contributed by atoms with Crippen LogP contribution in [0.15, 0.2) is 29.0 Å². The molecule has 0 bridgehead atoms. The van der Waals surface area contributed by atoms with Gasteiger partial charge in [-0.2, -0.15) is 0 Å². The molecular weight excluding hydrogens is 232 g/mol. The minimum absolute atomic E-state index is 0.261. The van der Waals surface area contributed by atoms with Gasteiger partial charge < -0.3 is 9.52 Å². The third kappa shape index (κ3) is 2.41. The van der Waals surface area contributed by atoms with Gasteiger partial charge in [-0.3, -0.25) is 4.79 Å². The Bertz CT molecular complexity index is 550. The zero-order valence-electron chi connectivity index (χ0n) is 8.69. The van der Waals surface area contributed by atoms with E-state index in [9.17, 15) is 13.6 Å². The predicted molar refractivity (Wildman–Crippen MR) is 54.8 cm³/mol. The molecule has 2 rings (SSSR count). The summed E-state index contributed by atoms with van der Waals surface area (Å²) in [5, 5.41) is 8.40. The number of aromatic nitrogens is 1. The number of alkyl halides is 2. The first-order chi connectivity index (χ1) is 7.99. The van der Waals surface area contributed by atoms with Crippen molar-refractivity contribution in [3.05, 3.63) is 30.2 Å². The van der Waals surface area contributed by atoms with Crippen molar-refractivity contribution in [3.8, 4) is 0 Å². The summed E-state index contributed by atoms with van der Waals surface area (Å²) in [5.41, 5.74) is 0.489. The Morgan fingerprint density at radius 2 is 2.24 bits per heavy atom. The van der Waals surface area contributed by atoms with Crippen molar-refractivity contribution in [2.24, 2.45) is 0 Å². The Labute approximate surface area is 94.9 Å². The number of carboxylic acids is 1. The van der Waals surface area contributed by atoms with E-state index in [1.165, 1.54) is 24.6 Å². The molecule has 4 nitrogen and oxygen atoms in total. The Hall–Kier alpha value is -1.98. The van der Waals surface area contributed by atoms with Crippen LogP contribution in [-0.4, -0.2) is 16.1 Å². The van der Waals surface area contributed by atoms with Crippen molar-refractivity contribution in [2.45, 2.75) is 18.8 Å². The van der Waals surface area contributed by atoms with Gasteiger partial charge in [0.25, 0.3) is 5.92 Å². The zero-order chi connectivity index (χ0) is 12.5. The van der Waals surface area contributed by atoms with Crippen LogP contribution in [0.5, 0.6) is 0 Å². The smallest absolute Gasteiger partial charge is 0.303 e. The lowest BCUT2D eigenvalue weighted by molar-refractivity contribution is -0.139. The lowest BCUT2D eigenvalue weighted by Gasteiger charge is -2.15. The van der Waals surface area contributed by atoms with Gasteiger partial charge in [-0.05, 0) is 12.1 Å². The van der Waals surface area contributed by atoms with E-state index in [1.807, 2.05) is 0 Å². The molecule has 0 atom stereocenters. The molecule has 0 amide bonds. The summed E-state index contributed by atoms with van der Waals surface area (Å²) >= 11 is 0. The highest BCUT2D eigenvalue weighted by Gasteiger charge is 2.32. The molecule has 6 heteroatoms. The Balaban J connectivity index is 2.27. The lowest BCUT2D eigenvalue weighted by atomic mass is 10.0. The van der Waals surface area contributed by atoms with Crippen molar-refractivity contribution in [2.75, 3.05) is 0 Å². The number of fused-ring (bicyclic) bond motifs is 1. The van der Waals surface area contributed by atoms with Crippen molar-refractivity contribution in [1.29, 1.82) is 0 Å².